The van der Waals surface area contributed by atoms with Crippen LogP contribution in [0.3, 0.4) is 0 Å². The van der Waals surface area contributed by atoms with Crippen LogP contribution in [0.5, 0.6) is 0 Å². The second-order valence-corrected chi connectivity index (χ2v) is 5.76. The number of hydrogen-bond donors (Lipinski definition) is 1. The lowest BCUT2D eigenvalue weighted by molar-refractivity contribution is 0.629. The summed E-state index contributed by atoms with van der Waals surface area (Å²) in [4.78, 5) is 5.56. The summed E-state index contributed by atoms with van der Waals surface area (Å²) in [6.07, 6.45) is 0.986. The third-order valence-electron chi connectivity index (χ3n) is 3.38. The summed E-state index contributed by atoms with van der Waals surface area (Å²) in [5.41, 5.74) is 9.59. The van der Waals surface area contributed by atoms with Crippen molar-refractivity contribution in [2.24, 2.45) is 0 Å². The summed E-state index contributed by atoms with van der Waals surface area (Å²) >= 11 is 1.59. The highest BCUT2D eigenvalue weighted by Crippen LogP contribution is 2.36. The fraction of sp³-hybridized carbons (Fsp3) is 0.267. The molecule has 0 atom stereocenters. The molecule has 0 aliphatic heterocycles. The van der Waals surface area contributed by atoms with E-state index in [-0.39, 0.29) is 5.82 Å². The van der Waals surface area contributed by atoms with E-state index in [1.54, 1.807) is 17.4 Å². The molecular weight excluding hydrogens is 273 g/mol. The summed E-state index contributed by atoms with van der Waals surface area (Å²) in [6, 6.07) is 4.73. The molecule has 20 heavy (non-hydrogen) atoms. The normalized spacial score (nSPS) is 11.3. The van der Waals surface area contributed by atoms with Gasteiger partial charge in [-0.3, -0.25) is 0 Å². The Bertz CT molecular complexity index is 773. The second kappa shape index (κ2) is 4.90. The smallest absolute Gasteiger partial charge is 0.153 e. The van der Waals surface area contributed by atoms with Gasteiger partial charge in [0.2, 0.25) is 0 Å². The Balaban J connectivity index is 2.28. The molecule has 5 heteroatoms. The molecule has 3 nitrogen and oxygen atoms in total. The maximum Gasteiger partial charge on any atom is 0.153 e. The van der Waals surface area contributed by atoms with Crippen molar-refractivity contribution < 1.29 is 4.39 Å². The zero-order valence-electron chi connectivity index (χ0n) is 11.5. The molecule has 0 aliphatic rings. The van der Waals surface area contributed by atoms with Crippen molar-refractivity contribution in [3.8, 4) is 10.7 Å². The van der Waals surface area contributed by atoms with E-state index in [4.69, 9.17) is 5.73 Å². The number of nitrogen functional groups attached to an aromatic ring is 1. The number of aromatic nitrogens is 2. The topological polar surface area (TPSA) is 43.8 Å². The number of nitrogens with zero attached hydrogens (tertiary/aromatic N) is 2. The molecule has 0 fully saturated rings. The molecule has 0 aliphatic carbocycles. The molecule has 0 amide bonds. The predicted octanol–water partition coefficient (Wildman–Crippen LogP) is 4.20. The average molecular weight is 289 g/mol. The van der Waals surface area contributed by atoms with E-state index in [9.17, 15) is 4.39 Å². The highest BCUT2D eigenvalue weighted by molar-refractivity contribution is 7.14. The minimum absolute atomic E-state index is 0.263. The summed E-state index contributed by atoms with van der Waals surface area (Å²) in [5, 5.41) is 2.03. The van der Waals surface area contributed by atoms with Gasteiger partial charge in [0.25, 0.3) is 0 Å². The molecule has 1 aromatic carbocycles. The van der Waals surface area contributed by atoms with Gasteiger partial charge in [-0.25, -0.2) is 9.37 Å². The van der Waals surface area contributed by atoms with Crippen molar-refractivity contribution in [1.82, 2.24) is 9.55 Å². The van der Waals surface area contributed by atoms with Crippen LogP contribution in [-0.2, 0) is 6.54 Å². The summed E-state index contributed by atoms with van der Waals surface area (Å²) in [6.45, 7) is 4.94. The lowest BCUT2D eigenvalue weighted by Gasteiger charge is -2.07. The molecule has 2 aromatic heterocycles. The van der Waals surface area contributed by atoms with E-state index in [2.05, 4.69) is 16.5 Å². The average Bonchev–Trinajstić information content (AvgIpc) is 2.92. The first-order valence-electron chi connectivity index (χ1n) is 6.61. The number of thiophene rings is 1. The van der Waals surface area contributed by atoms with E-state index < -0.39 is 0 Å². The Labute approximate surface area is 120 Å². The highest BCUT2D eigenvalue weighted by Gasteiger charge is 2.17. The van der Waals surface area contributed by atoms with Crippen LogP contribution >= 0.6 is 11.3 Å². The first kappa shape index (κ1) is 13.1. The van der Waals surface area contributed by atoms with Crippen LogP contribution in [0, 0.1) is 12.7 Å². The summed E-state index contributed by atoms with van der Waals surface area (Å²) in [5.74, 6) is 0.573. The van der Waals surface area contributed by atoms with Crippen LogP contribution in [0.25, 0.3) is 21.7 Å². The second-order valence-electron chi connectivity index (χ2n) is 4.88. The zero-order chi connectivity index (χ0) is 14.3. The minimum Gasteiger partial charge on any atom is -0.397 e. The maximum atomic E-state index is 13.4. The van der Waals surface area contributed by atoms with Crippen LogP contribution in [-0.4, -0.2) is 9.55 Å². The van der Waals surface area contributed by atoms with Crippen molar-refractivity contribution in [3.05, 3.63) is 35.0 Å². The van der Waals surface area contributed by atoms with E-state index in [1.165, 1.54) is 12.1 Å². The Morgan fingerprint density at radius 1 is 1.40 bits per heavy atom. The van der Waals surface area contributed by atoms with Gasteiger partial charge < -0.3 is 10.3 Å². The zero-order valence-corrected chi connectivity index (χ0v) is 12.3. The molecule has 0 saturated carbocycles. The summed E-state index contributed by atoms with van der Waals surface area (Å²) < 4.78 is 15.5. The molecular formula is C15H16FN3S. The fourth-order valence-corrected chi connectivity index (χ4v) is 3.32. The number of aryl methyl sites for hydroxylation is 2. The van der Waals surface area contributed by atoms with Gasteiger partial charge in [-0.05, 0) is 36.4 Å². The number of nitrogens with two attached hydrogens (primary N) is 1. The van der Waals surface area contributed by atoms with Crippen LogP contribution < -0.4 is 5.73 Å². The molecule has 0 bridgehead atoms. The number of hydrogen-bond acceptors (Lipinski definition) is 3. The fourth-order valence-electron chi connectivity index (χ4n) is 2.35. The van der Waals surface area contributed by atoms with E-state index in [1.807, 2.05) is 12.3 Å². The Morgan fingerprint density at radius 2 is 2.20 bits per heavy atom. The molecule has 2 N–H and O–H groups in total. The molecule has 3 aromatic rings. The third-order valence-corrected chi connectivity index (χ3v) is 4.49. The minimum atomic E-state index is -0.263. The van der Waals surface area contributed by atoms with Gasteiger partial charge in [-0.1, -0.05) is 6.92 Å². The van der Waals surface area contributed by atoms with Crippen molar-refractivity contribution in [2.75, 3.05) is 5.73 Å². The first-order valence-corrected chi connectivity index (χ1v) is 7.49. The van der Waals surface area contributed by atoms with Gasteiger partial charge in [0.1, 0.15) is 5.82 Å². The number of anilines is 1. The number of halogens is 1. The SMILES string of the molecule is CCCn1c(-c2scc(C)c2N)nc2cc(F)ccc21. The molecule has 0 radical (unpaired) electrons. The van der Waals surface area contributed by atoms with Crippen LogP contribution in [0.15, 0.2) is 23.6 Å². The van der Waals surface area contributed by atoms with Crippen molar-refractivity contribution >= 4 is 28.1 Å². The molecule has 3 rings (SSSR count). The van der Waals surface area contributed by atoms with Gasteiger partial charge in [-0.2, -0.15) is 0 Å². The quantitative estimate of drug-likeness (QED) is 0.785. The van der Waals surface area contributed by atoms with Gasteiger partial charge in [-0.15, -0.1) is 11.3 Å². The standard InChI is InChI=1S/C15H16FN3S/c1-3-6-19-12-5-4-10(16)7-11(12)18-15(19)14-13(17)9(2)8-20-14/h4-5,7-8H,3,6,17H2,1-2H3. The van der Waals surface area contributed by atoms with E-state index in [0.29, 0.717) is 5.52 Å². The van der Waals surface area contributed by atoms with Crippen molar-refractivity contribution in [2.45, 2.75) is 26.8 Å². The van der Waals surface area contributed by atoms with Crippen molar-refractivity contribution in [1.29, 1.82) is 0 Å². The number of benzene rings is 1. The predicted molar refractivity (Wildman–Crippen MR) is 82.4 cm³/mol. The van der Waals surface area contributed by atoms with Crippen LogP contribution in [0.2, 0.25) is 0 Å². The van der Waals surface area contributed by atoms with Crippen LogP contribution in [0.1, 0.15) is 18.9 Å². The molecule has 104 valence electrons. The van der Waals surface area contributed by atoms with Gasteiger partial charge in [0, 0.05) is 12.6 Å². The molecule has 0 saturated heterocycles. The van der Waals surface area contributed by atoms with Gasteiger partial charge in [0.15, 0.2) is 5.82 Å². The molecule has 0 spiro atoms. The number of rotatable bonds is 3. The van der Waals surface area contributed by atoms with Gasteiger partial charge in [0.05, 0.1) is 21.6 Å². The Hall–Kier alpha value is -1.88. The first-order chi connectivity index (χ1) is 9.61. The monoisotopic (exact) mass is 289 g/mol. The number of fused-ring (bicyclic) bond motifs is 1. The van der Waals surface area contributed by atoms with Crippen LogP contribution in [0.4, 0.5) is 10.1 Å². The molecule has 0 unspecified atom stereocenters. The Morgan fingerprint density at radius 3 is 2.85 bits per heavy atom. The third kappa shape index (κ3) is 1.98. The molecule has 2 heterocycles. The van der Waals surface area contributed by atoms with Gasteiger partial charge >= 0.3 is 0 Å². The van der Waals surface area contributed by atoms with E-state index in [0.717, 1.165) is 40.4 Å². The summed E-state index contributed by atoms with van der Waals surface area (Å²) in [7, 11) is 0. The van der Waals surface area contributed by atoms with E-state index >= 15 is 0 Å². The maximum absolute atomic E-state index is 13.4. The largest absolute Gasteiger partial charge is 0.397 e. The van der Waals surface area contributed by atoms with Crippen molar-refractivity contribution in [3.63, 3.8) is 0 Å². The number of imidazole rings is 1. The lowest BCUT2D eigenvalue weighted by Crippen LogP contribution is -2.00. The Kier molecular flexibility index (Phi) is 3.22. The highest BCUT2D eigenvalue weighted by atomic mass is 32.1. The lowest BCUT2D eigenvalue weighted by atomic mass is 10.2.